The fourth-order valence-electron chi connectivity index (χ4n) is 1.22. The van der Waals surface area contributed by atoms with Crippen LogP contribution in [0.1, 0.15) is 26.2 Å². The molecule has 1 aliphatic rings. The van der Waals surface area contributed by atoms with Crippen LogP contribution in [0.5, 0.6) is 0 Å². The predicted octanol–water partition coefficient (Wildman–Crippen LogP) is 1.47. The molecule has 0 bridgehead atoms. The van der Waals surface area contributed by atoms with Crippen LogP contribution in [0.3, 0.4) is 0 Å². The van der Waals surface area contributed by atoms with Crippen LogP contribution in [0.4, 0.5) is 0 Å². The summed E-state index contributed by atoms with van der Waals surface area (Å²) in [6, 6.07) is 0. The summed E-state index contributed by atoms with van der Waals surface area (Å²) in [4.78, 5) is 0. The Labute approximate surface area is 79.3 Å². The van der Waals surface area contributed by atoms with Crippen molar-refractivity contribution in [2.75, 3.05) is 13.2 Å². The van der Waals surface area contributed by atoms with Gasteiger partial charge in [0.1, 0.15) is 6.10 Å². The molecule has 1 aliphatic heterocycles. The standard InChI is InChI=1S/C10H18O3/c1-2-3-4-5-6-10-12-8-9(7-11)13-10/h4-5,9-11H,2-3,6-8H2,1H3. The van der Waals surface area contributed by atoms with E-state index in [9.17, 15) is 0 Å². The minimum atomic E-state index is -0.148. The lowest BCUT2D eigenvalue weighted by atomic mass is 10.3. The van der Waals surface area contributed by atoms with Gasteiger partial charge in [-0.05, 0) is 6.42 Å². The second-order valence-electron chi connectivity index (χ2n) is 3.20. The number of unbranched alkanes of at least 4 members (excludes halogenated alkanes) is 1. The molecule has 2 unspecified atom stereocenters. The molecule has 76 valence electrons. The van der Waals surface area contributed by atoms with E-state index in [1.807, 2.05) is 0 Å². The Kier molecular flexibility index (Phi) is 5.05. The van der Waals surface area contributed by atoms with Gasteiger partial charge in [0, 0.05) is 6.42 Å². The highest BCUT2D eigenvalue weighted by Gasteiger charge is 2.23. The van der Waals surface area contributed by atoms with Crippen molar-refractivity contribution >= 4 is 0 Å². The van der Waals surface area contributed by atoms with E-state index in [2.05, 4.69) is 19.1 Å². The van der Waals surface area contributed by atoms with Gasteiger partial charge in [0.2, 0.25) is 0 Å². The fraction of sp³-hybridized carbons (Fsp3) is 0.800. The molecule has 0 aliphatic carbocycles. The van der Waals surface area contributed by atoms with Gasteiger partial charge in [-0.25, -0.2) is 0 Å². The molecule has 3 nitrogen and oxygen atoms in total. The molecule has 3 heteroatoms. The summed E-state index contributed by atoms with van der Waals surface area (Å²) in [7, 11) is 0. The molecule has 13 heavy (non-hydrogen) atoms. The lowest BCUT2D eigenvalue weighted by Gasteiger charge is -2.06. The summed E-state index contributed by atoms with van der Waals surface area (Å²) in [6.07, 6.45) is 7.01. The molecule has 1 heterocycles. The Balaban J connectivity index is 2.10. The maximum Gasteiger partial charge on any atom is 0.161 e. The Morgan fingerprint density at radius 2 is 2.31 bits per heavy atom. The smallest absolute Gasteiger partial charge is 0.161 e. The summed E-state index contributed by atoms with van der Waals surface area (Å²) in [6.45, 7) is 2.71. The number of rotatable bonds is 5. The first-order valence-electron chi connectivity index (χ1n) is 4.89. The third-order valence-corrected chi connectivity index (χ3v) is 1.97. The minimum Gasteiger partial charge on any atom is -0.394 e. The first-order valence-corrected chi connectivity index (χ1v) is 4.89. The third kappa shape index (κ3) is 3.89. The van der Waals surface area contributed by atoms with Crippen molar-refractivity contribution in [2.24, 2.45) is 0 Å². The molecule has 1 fully saturated rings. The minimum absolute atomic E-state index is 0.0508. The van der Waals surface area contributed by atoms with Crippen molar-refractivity contribution in [3.63, 3.8) is 0 Å². The highest BCUT2D eigenvalue weighted by atomic mass is 16.7. The van der Waals surface area contributed by atoms with Crippen LogP contribution >= 0.6 is 0 Å². The Morgan fingerprint density at radius 3 is 2.92 bits per heavy atom. The van der Waals surface area contributed by atoms with Crippen molar-refractivity contribution in [1.82, 2.24) is 0 Å². The molecule has 0 amide bonds. The number of ether oxygens (including phenoxy) is 2. The van der Waals surface area contributed by atoms with Crippen LogP contribution in [-0.2, 0) is 9.47 Å². The van der Waals surface area contributed by atoms with E-state index in [0.717, 1.165) is 12.8 Å². The maximum atomic E-state index is 8.77. The fourth-order valence-corrected chi connectivity index (χ4v) is 1.22. The largest absolute Gasteiger partial charge is 0.394 e. The molecule has 2 atom stereocenters. The van der Waals surface area contributed by atoms with Crippen LogP contribution in [-0.4, -0.2) is 30.7 Å². The van der Waals surface area contributed by atoms with E-state index >= 15 is 0 Å². The summed E-state index contributed by atoms with van der Waals surface area (Å²) in [5, 5.41) is 8.77. The molecule has 0 saturated carbocycles. The number of hydrogen-bond acceptors (Lipinski definition) is 3. The molecule has 1 saturated heterocycles. The molecule has 0 radical (unpaired) electrons. The topological polar surface area (TPSA) is 38.7 Å². The van der Waals surface area contributed by atoms with E-state index in [1.165, 1.54) is 6.42 Å². The summed E-state index contributed by atoms with van der Waals surface area (Å²) >= 11 is 0. The summed E-state index contributed by atoms with van der Waals surface area (Å²) in [5.41, 5.74) is 0. The highest BCUT2D eigenvalue weighted by molar-refractivity contribution is 4.83. The highest BCUT2D eigenvalue weighted by Crippen LogP contribution is 2.14. The van der Waals surface area contributed by atoms with Crippen LogP contribution in [0.15, 0.2) is 12.2 Å². The Morgan fingerprint density at radius 1 is 1.46 bits per heavy atom. The second kappa shape index (κ2) is 6.13. The molecule has 0 aromatic heterocycles. The summed E-state index contributed by atoms with van der Waals surface area (Å²) in [5.74, 6) is 0. The number of hydrogen-bond donors (Lipinski definition) is 1. The van der Waals surface area contributed by atoms with Gasteiger partial charge in [-0.15, -0.1) is 0 Å². The van der Waals surface area contributed by atoms with Crippen molar-refractivity contribution in [2.45, 2.75) is 38.6 Å². The average Bonchev–Trinajstić information content (AvgIpc) is 2.60. The molecule has 0 aromatic rings. The van der Waals surface area contributed by atoms with Gasteiger partial charge >= 0.3 is 0 Å². The predicted molar refractivity (Wildman–Crippen MR) is 50.4 cm³/mol. The molecular formula is C10H18O3. The third-order valence-electron chi connectivity index (χ3n) is 1.97. The van der Waals surface area contributed by atoms with Gasteiger partial charge in [0.25, 0.3) is 0 Å². The zero-order valence-corrected chi connectivity index (χ0v) is 8.11. The average molecular weight is 186 g/mol. The van der Waals surface area contributed by atoms with E-state index in [0.29, 0.717) is 6.61 Å². The van der Waals surface area contributed by atoms with Crippen LogP contribution < -0.4 is 0 Å². The number of aliphatic hydroxyl groups excluding tert-OH is 1. The van der Waals surface area contributed by atoms with E-state index < -0.39 is 0 Å². The molecule has 0 aromatic carbocycles. The van der Waals surface area contributed by atoms with Gasteiger partial charge in [0.05, 0.1) is 13.2 Å². The van der Waals surface area contributed by atoms with Crippen LogP contribution in [0.25, 0.3) is 0 Å². The lowest BCUT2D eigenvalue weighted by Crippen LogP contribution is -2.15. The lowest BCUT2D eigenvalue weighted by molar-refractivity contribution is -0.0616. The number of aliphatic hydroxyl groups is 1. The maximum absolute atomic E-state index is 8.77. The number of allylic oxidation sites excluding steroid dienone is 1. The quantitative estimate of drug-likeness (QED) is 0.661. The van der Waals surface area contributed by atoms with Gasteiger partial charge in [-0.2, -0.15) is 0 Å². The van der Waals surface area contributed by atoms with Crippen LogP contribution in [0.2, 0.25) is 0 Å². The first-order chi connectivity index (χ1) is 6.36. The first kappa shape index (κ1) is 10.7. The van der Waals surface area contributed by atoms with E-state index in [-0.39, 0.29) is 19.0 Å². The SMILES string of the molecule is CCCC=CCC1OCC(CO)O1. The van der Waals surface area contributed by atoms with Crippen molar-refractivity contribution in [1.29, 1.82) is 0 Å². The van der Waals surface area contributed by atoms with Crippen molar-refractivity contribution < 1.29 is 14.6 Å². The zero-order chi connectivity index (χ0) is 9.52. The molecular weight excluding hydrogens is 168 g/mol. The normalized spacial score (nSPS) is 28.8. The van der Waals surface area contributed by atoms with Gasteiger partial charge in [-0.3, -0.25) is 0 Å². The molecule has 0 spiro atoms. The molecule has 1 N–H and O–H groups in total. The van der Waals surface area contributed by atoms with Gasteiger partial charge in [-0.1, -0.05) is 25.5 Å². The summed E-state index contributed by atoms with van der Waals surface area (Å²) < 4.78 is 10.7. The van der Waals surface area contributed by atoms with E-state index in [4.69, 9.17) is 14.6 Å². The van der Waals surface area contributed by atoms with E-state index in [1.54, 1.807) is 0 Å². The second-order valence-corrected chi connectivity index (χ2v) is 3.20. The van der Waals surface area contributed by atoms with Crippen molar-refractivity contribution in [3.05, 3.63) is 12.2 Å². The van der Waals surface area contributed by atoms with Crippen LogP contribution in [0, 0.1) is 0 Å². The Bertz CT molecular complexity index is 156. The Hall–Kier alpha value is -0.380. The van der Waals surface area contributed by atoms with Crippen molar-refractivity contribution in [3.8, 4) is 0 Å². The van der Waals surface area contributed by atoms with Gasteiger partial charge in [0.15, 0.2) is 6.29 Å². The monoisotopic (exact) mass is 186 g/mol. The zero-order valence-electron chi connectivity index (χ0n) is 8.11. The van der Waals surface area contributed by atoms with Gasteiger partial charge < -0.3 is 14.6 Å². The molecule has 1 rings (SSSR count).